The highest BCUT2D eigenvalue weighted by molar-refractivity contribution is 5.91. The molecule has 2 aliphatic heterocycles. The molecule has 2 aromatic carbocycles. The van der Waals surface area contributed by atoms with Crippen LogP contribution in [0.2, 0.25) is 0 Å². The minimum Gasteiger partial charge on any atom is -0.468 e. The van der Waals surface area contributed by atoms with Crippen LogP contribution in [-0.2, 0) is 32.7 Å². The summed E-state index contributed by atoms with van der Waals surface area (Å²) in [6.07, 6.45) is 3.90. The standard InChI is InChI=1S/C30H38N2O3/c1-21(14-16-35-20-23-9-5-4-6-10-23)17-24-18-30(29(33)34-3)22(2)32(19-24)15-13-26-25-11-7-8-12-27(25)31-28(26)30/h4-12,21-22,24,31H,13-20H2,1-3H3/t21?,22?,24-,30?/m0/s1. The van der Waals surface area contributed by atoms with Gasteiger partial charge in [0.25, 0.3) is 0 Å². The Hall–Kier alpha value is -2.63. The highest BCUT2D eigenvalue weighted by atomic mass is 16.5. The van der Waals surface area contributed by atoms with Gasteiger partial charge in [0.1, 0.15) is 5.41 Å². The monoisotopic (exact) mass is 474 g/mol. The highest BCUT2D eigenvalue weighted by Gasteiger charge is 2.56. The Morgan fingerprint density at radius 3 is 2.74 bits per heavy atom. The molecule has 5 atom stereocenters. The number of hydrogen-bond donors (Lipinski definition) is 1. The topological polar surface area (TPSA) is 54.6 Å². The molecule has 2 aliphatic rings. The Labute approximate surface area is 208 Å². The quantitative estimate of drug-likeness (QED) is 0.347. The summed E-state index contributed by atoms with van der Waals surface area (Å²) in [4.78, 5) is 19.8. The average Bonchev–Trinajstić information content (AvgIpc) is 3.23. The van der Waals surface area contributed by atoms with Gasteiger partial charge in [0.15, 0.2) is 0 Å². The lowest BCUT2D eigenvalue weighted by Gasteiger charge is -2.48. The number of ether oxygens (including phenoxy) is 2. The minimum absolute atomic E-state index is 0.102. The van der Waals surface area contributed by atoms with Gasteiger partial charge in [-0.2, -0.15) is 0 Å². The molecule has 1 saturated heterocycles. The third kappa shape index (κ3) is 4.52. The second-order valence-electron chi connectivity index (χ2n) is 10.6. The van der Waals surface area contributed by atoms with Gasteiger partial charge in [-0.25, -0.2) is 0 Å². The summed E-state index contributed by atoms with van der Waals surface area (Å²) in [6, 6.07) is 18.9. The van der Waals surface area contributed by atoms with Crippen LogP contribution in [0.3, 0.4) is 0 Å². The average molecular weight is 475 g/mol. The molecular weight excluding hydrogens is 436 g/mol. The van der Waals surface area contributed by atoms with Gasteiger partial charge in [-0.05, 0) is 61.6 Å². The fraction of sp³-hybridized carbons (Fsp3) is 0.500. The van der Waals surface area contributed by atoms with Crippen LogP contribution in [-0.4, -0.2) is 48.7 Å². The van der Waals surface area contributed by atoms with Gasteiger partial charge in [0.2, 0.25) is 0 Å². The van der Waals surface area contributed by atoms with Gasteiger partial charge in [-0.15, -0.1) is 0 Å². The van der Waals surface area contributed by atoms with E-state index < -0.39 is 5.41 Å². The molecule has 35 heavy (non-hydrogen) atoms. The van der Waals surface area contributed by atoms with Crippen LogP contribution in [0.5, 0.6) is 0 Å². The van der Waals surface area contributed by atoms with E-state index in [9.17, 15) is 4.79 Å². The van der Waals surface area contributed by atoms with Crippen molar-refractivity contribution in [2.24, 2.45) is 11.8 Å². The van der Waals surface area contributed by atoms with E-state index in [1.54, 1.807) is 0 Å². The van der Waals surface area contributed by atoms with Gasteiger partial charge in [0.05, 0.1) is 13.7 Å². The van der Waals surface area contributed by atoms with Crippen LogP contribution in [0.4, 0.5) is 0 Å². The Bertz CT molecular complexity index is 1160. The number of aromatic amines is 1. The first kappa shape index (κ1) is 24.1. The molecule has 5 nitrogen and oxygen atoms in total. The number of benzene rings is 2. The summed E-state index contributed by atoms with van der Waals surface area (Å²) in [5.74, 6) is 0.865. The zero-order chi connectivity index (χ0) is 24.4. The van der Waals surface area contributed by atoms with E-state index in [1.165, 1.54) is 23.6 Å². The van der Waals surface area contributed by atoms with Crippen LogP contribution >= 0.6 is 0 Å². The van der Waals surface area contributed by atoms with Gasteiger partial charge in [-0.3, -0.25) is 9.69 Å². The third-order valence-corrected chi connectivity index (χ3v) is 8.42. The van der Waals surface area contributed by atoms with E-state index in [0.717, 1.165) is 56.6 Å². The molecule has 0 amide bonds. The van der Waals surface area contributed by atoms with E-state index >= 15 is 0 Å². The van der Waals surface area contributed by atoms with Crippen molar-refractivity contribution < 1.29 is 14.3 Å². The van der Waals surface area contributed by atoms with Crippen LogP contribution in [0, 0.1) is 11.8 Å². The van der Waals surface area contributed by atoms with Gasteiger partial charge in [0, 0.05) is 42.3 Å². The van der Waals surface area contributed by atoms with Gasteiger partial charge >= 0.3 is 5.97 Å². The predicted octanol–water partition coefficient (Wildman–Crippen LogP) is 5.48. The number of fused-ring (bicyclic) bond motifs is 6. The second-order valence-corrected chi connectivity index (χ2v) is 10.6. The van der Waals surface area contributed by atoms with E-state index in [-0.39, 0.29) is 12.0 Å². The molecule has 3 heterocycles. The number of hydrogen-bond acceptors (Lipinski definition) is 4. The van der Waals surface area contributed by atoms with E-state index in [0.29, 0.717) is 18.4 Å². The summed E-state index contributed by atoms with van der Waals surface area (Å²) in [7, 11) is 1.54. The minimum atomic E-state index is -0.661. The maximum atomic E-state index is 13.6. The number of carbonyl (C=O) groups is 1. The lowest BCUT2D eigenvalue weighted by Crippen LogP contribution is -2.59. The first-order valence-electron chi connectivity index (χ1n) is 13.1. The van der Waals surface area contributed by atoms with Crippen LogP contribution in [0.1, 0.15) is 49.9 Å². The molecule has 2 bridgehead atoms. The second kappa shape index (κ2) is 10.2. The fourth-order valence-electron chi connectivity index (χ4n) is 6.62. The zero-order valence-electron chi connectivity index (χ0n) is 21.3. The third-order valence-electron chi connectivity index (χ3n) is 8.42. The molecule has 0 aliphatic carbocycles. The van der Waals surface area contributed by atoms with E-state index in [4.69, 9.17) is 9.47 Å². The van der Waals surface area contributed by atoms with Crippen molar-refractivity contribution in [3.8, 4) is 0 Å². The predicted molar refractivity (Wildman–Crippen MR) is 139 cm³/mol. The van der Waals surface area contributed by atoms with Gasteiger partial charge in [-0.1, -0.05) is 55.5 Å². The molecular formula is C30H38N2O3. The van der Waals surface area contributed by atoms with Crippen molar-refractivity contribution in [3.63, 3.8) is 0 Å². The Balaban J connectivity index is 1.33. The van der Waals surface area contributed by atoms with E-state index in [1.807, 2.05) is 6.07 Å². The number of piperidine rings is 1. The van der Waals surface area contributed by atoms with Crippen molar-refractivity contribution in [3.05, 3.63) is 71.4 Å². The van der Waals surface area contributed by atoms with Crippen LogP contribution in [0.25, 0.3) is 10.9 Å². The van der Waals surface area contributed by atoms with Crippen LogP contribution in [0.15, 0.2) is 54.6 Å². The number of carbonyl (C=O) groups excluding carboxylic acids is 1. The van der Waals surface area contributed by atoms with Crippen molar-refractivity contribution in [2.75, 3.05) is 26.8 Å². The van der Waals surface area contributed by atoms with Gasteiger partial charge < -0.3 is 14.5 Å². The normalized spacial score (nSPS) is 26.7. The number of H-pyrrole nitrogens is 1. The number of para-hydroxylation sites is 1. The number of esters is 1. The Kier molecular flexibility index (Phi) is 6.99. The number of aromatic nitrogens is 1. The maximum Gasteiger partial charge on any atom is 0.319 e. The summed E-state index contributed by atoms with van der Waals surface area (Å²) < 4.78 is 11.5. The van der Waals surface area contributed by atoms with Crippen LogP contribution < -0.4 is 0 Å². The maximum absolute atomic E-state index is 13.6. The molecule has 186 valence electrons. The smallest absolute Gasteiger partial charge is 0.319 e. The number of methoxy groups -OCH3 is 1. The largest absolute Gasteiger partial charge is 0.468 e. The molecule has 0 radical (unpaired) electrons. The SMILES string of the molecule is COC(=O)C12C[C@H](CC(C)CCOCc3ccccc3)CN(CCc3c1[nH]c1ccccc31)C2C. The molecule has 1 N–H and O–H groups in total. The number of rotatable bonds is 8. The highest BCUT2D eigenvalue weighted by Crippen LogP contribution is 2.48. The molecule has 0 saturated carbocycles. The Morgan fingerprint density at radius 1 is 1.17 bits per heavy atom. The van der Waals surface area contributed by atoms with Crippen molar-refractivity contribution in [2.45, 2.75) is 57.6 Å². The Morgan fingerprint density at radius 2 is 1.94 bits per heavy atom. The lowest BCUT2D eigenvalue weighted by atomic mass is 9.66. The molecule has 0 spiro atoms. The molecule has 5 rings (SSSR count). The molecule has 4 unspecified atom stereocenters. The van der Waals surface area contributed by atoms with Crippen molar-refractivity contribution >= 4 is 16.9 Å². The molecule has 5 heteroatoms. The zero-order valence-corrected chi connectivity index (χ0v) is 21.3. The van der Waals surface area contributed by atoms with Crippen molar-refractivity contribution in [1.82, 2.24) is 9.88 Å². The lowest BCUT2D eigenvalue weighted by molar-refractivity contribution is -0.154. The fourth-order valence-corrected chi connectivity index (χ4v) is 6.62. The molecule has 1 aromatic heterocycles. The summed E-state index contributed by atoms with van der Waals surface area (Å²) in [5.41, 5.74) is 4.05. The number of nitrogens with zero attached hydrogens (tertiary/aromatic N) is 1. The van der Waals surface area contributed by atoms with E-state index in [2.05, 4.69) is 72.3 Å². The summed E-state index contributed by atoms with van der Waals surface area (Å²) >= 11 is 0. The first-order chi connectivity index (χ1) is 17.0. The first-order valence-corrected chi connectivity index (χ1v) is 13.1. The molecule has 1 fully saturated rings. The molecule has 3 aromatic rings. The summed E-state index contributed by atoms with van der Waals surface area (Å²) in [5, 5.41) is 1.24. The summed E-state index contributed by atoms with van der Waals surface area (Å²) in [6.45, 7) is 7.97. The van der Waals surface area contributed by atoms with Crippen molar-refractivity contribution in [1.29, 1.82) is 0 Å². The number of nitrogens with one attached hydrogen (secondary N) is 1.